The van der Waals surface area contributed by atoms with Gasteiger partial charge in [-0.05, 0) is 50.3 Å². The van der Waals surface area contributed by atoms with E-state index in [0.29, 0.717) is 0 Å². The van der Waals surface area contributed by atoms with Crippen LogP contribution < -0.4 is 4.43 Å². The molecule has 1 atom stereocenters. The van der Waals surface area contributed by atoms with Crippen molar-refractivity contribution in [2.45, 2.75) is 39.6 Å². The Morgan fingerprint density at radius 1 is 1.12 bits per heavy atom. The first-order valence-electron chi connectivity index (χ1n) is 8.34. The molecule has 0 aliphatic carbocycles. The van der Waals surface area contributed by atoms with Gasteiger partial charge in [-0.25, -0.2) is 0 Å². The molecule has 1 aromatic carbocycles. The third-order valence-corrected chi connectivity index (χ3v) is 4.13. The van der Waals surface area contributed by atoms with Crippen molar-refractivity contribution in [1.82, 2.24) is 4.98 Å². The Balaban J connectivity index is 2.04. The lowest BCUT2D eigenvalue weighted by atomic mass is 10.1. The van der Waals surface area contributed by atoms with Gasteiger partial charge in [-0.2, -0.15) is 0 Å². The third kappa shape index (κ3) is 6.55. The van der Waals surface area contributed by atoms with E-state index in [-0.39, 0.29) is 12.1 Å². The van der Waals surface area contributed by atoms with Gasteiger partial charge >= 0.3 is 5.97 Å². The molecule has 0 amide bonds. The highest BCUT2D eigenvalue weighted by Gasteiger charge is 2.16. The summed E-state index contributed by atoms with van der Waals surface area (Å²) in [7, 11) is -1.61. The summed E-state index contributed by atoms with van der Waals surface area (Å²) >= 11 is 0. The zero-order chi connectivity index (χ0) is 18.4. The fourth-order valence-electron chi connectivity index (χ4n) is 2.28. The summed E-state index contributed by atoms with van der Waals surface area (Å²) in [6.07, 6.45) is 5.34. The van der Waals surface area contributed by atoms with Crippen LogP contribution in [0, 0.1) is 0 Å². The predicted octanol–water partition coefficient (Wildman–Crippen LogP) is 4.93. The molecule has 0 aliphatic heterocycles. The maximum atomic E-state index is 10.9. The molecule has 0 spiro atoms. The van der Waals surface area contributed by atoms with E-state index in [2.05, 4.69) is 24.6 Å². The summed E-state index contributed by atoms with van der Waals surface area (Å²) in [6, 6.07) is 12.0. The molecule has 0 saturated carbocycles. The Labute approximate surface area is 150 Å². The van der Waals surface area contributed by atoms with E-state index in [1.807, 2.05) is 55.5 Å². The van der Waals surface area contributed by atoms with Gasteiger partial charge in [0.2, 0.25) is 8.32 Å². The number of ether oxygens (including phenoxy) is 1. The lowest BCUT2D eigenvalue weighted by Gasteiger charge is -2.18. The lowest BCUT2D eigenvalue weighted by molar-refractivity contribution is -0.143. The monoisotopic (exact) mass is 355 g/mol. The average molecular weight is 356 g/mol. The summed E-state index contributed by atoms with van der Waals surface area (Å²) in [5.41, 5.74) is 3.00. The molecule has 2 rings (SSSR count). The molecule has 1 heterocycles. The first-order chi connectivity index (χ1) is 11.7. The molecule has 0 saturated heterocycles. The molecule has 132 valence electrons. The van der Waals surface area contributed by atoms with Crippen molar-refractivity contribution in [3.8, 4) is 17.0 Å². The summed E-state index contributed by atoms with van der Waals surface area (Å²) in [6.45, 7) is 9.69. The van der Waals surface area contributed by atoms with Crippen molar-refractivity contribution in [3.05, 3.63) is 54.2 Å². The van der Waals surface area contributed by atoms with Crippen LogP contribution in [-0.2, 0) is 9.53 Å². The highest BCUT2D eigenvalue weighted by molar-refractivity contribution is 6.70. The standard InChI is InChI=1S/C20H25NO3Si/c1-15(23-16(2)22)6-7-17-8-10-18(11-9-17)20-13-12-19(14-21-20)24-25(3,4)5/h6-15H,1-5H3. The number of hydrogen-bond acceptors (Lipinski definition) is 4. The first kappa shape index (κ1) is 18.9. The van der Waals surface area contributed by atoms with E-state index in [0.717, 1.165) is 22.6 Å². The van der Waals surface area contributed by atoms with E-state index in [1.54, 1.807) is 6.20 Å². The quantitative estimate of drug-likeness (QED) is 0.545. The topological polar surface area (TPSA) is 48.4 Å². The van der Waals surface area contributed by atoms with Crippen LogP contribution in [0.3, 0.4) is 0 Å². The fourth-order valence-corrected chi connectivity index (χ4v) is 3.11. The third-order valence-electron chi connectivity index (χ3n) is 3.28. The maximum Gasteiger partial charge on any atom is 0.303 e. The molecular weight excluding hydrogens is 330 g/mol. The highest BCUT2D eigenvalue weighted by Crippen LogP contribution is 2.22. The van der Waals surface area contributed by atoms with E-state index < -0.39 is 8.32 Å². The molecule has 1 aromatic heterocycles. The van der Waals surface area contributed by atoms with Crippen LogP contribution in [0.25, 0.3) is 17.3 Å². The molecule has 0 fully saturated rings. The van der Waals surface area contributed by atoms with Crippen LogP contribution in [0.15, 0.2) is 48.7 Å². The van der Waals surface area contributed by atoms with Crippen LogP contribution in [0.2, 0.25) is 19.6 Å². The first-order valence-corrected chi connectivity index (χ1v) is 11.7. The van der Waals surface area contributed by atoms with Crippen LogP contribution in [0.1, 0.15) is 19.4 Å². The minimum Gasteiger partial charge on any atom is -0.543 e. The lowest BCUT2D eigenvalue weighted by Crippen LogP contribution is -2.29. The molecular formula is C20H25NO3Si. The number of rotatable bonds is 6. The number of carbonyl (C=O) groups is 1. The molecule has 0 bridgehead atoms. The van der Waals surface area contributed by atoms with Gasteiger partial charge in [0.25, 0.3) is 0 Å². The zero-order valence-corrected chi connectivity index (χ0v) is 16.4. The summed E-state index contributed by atoms with van der Waals surface area (Å²) in [5.74, 6) is 0.544. The normalized spacial score (nSPS) is 12.8. The van der Waals surface area contributed by atoms with E-state index in [4.69, 9.17) is 9.16 Å². The van der Waals surface area contributed by atoms with Crippen molar-refractivity contribution in [2.24, 2.45) is 0 Å². The number of aromatic nitrogens is 1. The van der Waals surface area contributed by atoms with Gasteiger partial charge < -0.3 is 9.16 Å². The highest BCUT2D eigenvalue weighted by atomic mass is 28.4. The van der Waals surface area contributed by atoms with Crippen molar-refractivity contribution in [2.75, 3.05) is 0 Å². The van der Waals surface area contributed by atoms with Gasteiger partial charge in [-0.15, -0.1) is 0 Å². The number of esters is 1. The van der Waals surface area contributed by atoms with E-state index in [1.165, 1.54) is 6.92 Å². The molecule has 25 heavy (non-hydrogen) atoms. The summed E-state index contributed by atoms with van der Waals surface area (Å²) in [4.78, 5) is 15.4. The van der Waals surface area contributed by atoms with Gasteiger partial charge in [-0.3, -0.25) is 9.78 Å². The van der Waals surface area contributed by atoms with Gasteiger partial charge in [0.15, 0.2) is 0 Å². The van der Waals surface area contributed by atoms with Crippen molar-refractivity contribution >= 4 is 20.4 Å². The molecule has 5 heteroatoms. The summed E-state index contributed by atoms with van der Waals surface area (Å²) in [5, 5.41) is 0. The number of pyridine rings is 1. The Hall–Kier alpha value is -2.40. The number of hydrogen-bond donors (Lipinski definition) is 0. The molecule has 4 nitrogen and oxygen atoms in total. The van der Waals surface area contributed by atoms with Gasteiger partial charge in [0.05, 0.1) is 11.9 Å². The minimum absolute atomic E-state index is 0.238. The van der Waals surface area contributed by atoms with Crippen LogP contribution in [0.5, 0.6) is 5.75 Å². The smallest absolute Gasteiger partial charge is 0.303 e. The van der Waals surface area contributed by atoms with E-state index in [9.17, 15) is 4.79 Å². The average Bonchev–Trinajstić information content (AvgIpc) is 2.52. The molecule has 0 N–H and O–H groups in total. The largest absolute Gasteiger partial charge is 0.543 e. The molecule has 1 unspecified atom stereocenters. The zero-order valence-electron chi connectivity index (χ0n) is 15.4. The van der Waals surface area contributed by atoms with Gasteiger partial charge in [-0.1, -0.05) is 30.3 Å². The van der Waals surface area contributed by atoms with Crippen LogP contribution in [0.4, 0.5) is 0 Å². The second-order valence-electron chi connectivity index (χ2n) is 6.89. The Morgan fingerprint density at radius 3 is 2.32 bits per heavy atom. The van der Waals surface area contributed by atoms with Crippen LogP contribution in [-0.4, -0.2) is 25.4 Å². The predicted molar refractivity (Wildman–Crippen MR) is 104 cm³/mol. The van der Waals surface area contributed by atoms with Gasteiger partial charge in [0, 0.05) is 12.5 Å². The minimum atomic E-state index is -1.61. The Bertz CT molecular complexity index is 731. The van der Waals surface area contributed by atoms with Gasteiger partial charge in [0.1, 0.15) is 11.9 Å². The molecule has 0 aliphatic rings. The van der Waals surface area contributed by atoms with E-state index >= 15 is 0 Å². The summed E-state index contributed by atoms with van der Waals surface area (Å²) < 4.78 is 11.0. The fraction of sp³-hybridized carbons (Fsp3) is 0.300. The SMILES string of the molecule is CC(=O)OC(C)C=Cc1ccc(-c2ccc(O[Si](C)(C)C)cn2)cc1. The number of nitrogens with zero attached hydrogens (tertiary/aromatic N) is 1. The van der Waals surface area contributed by atoms with Crippen molar-refractivity contribution in [1.29, 1.82) is 0 Å². The van der Waals surface area contributed by atoms with Crippen molar-refractivity contribution < 1.29 is 14.0 Å². The second-order valence-corrected chi connectivity index (χ2v) is 11.3. The number of carbonyl (C=O) groups excluding carboxylic acids is 1. The Morgan fingerprint density at radius 2 is 1.80 bits per heavy atom. The molecule has 0 radical (unpaired) electrons. The number of benzene rings is 1. The second kappa shape index (κ2) is 8.12. The Kier molecular flexibility index (Phi) is 6.15. The van der Waals surface area contributed by atoms with Crippen LogP contribution >= 0.6 is 0 Å². The molecule has 2 aromatic rings. The van der Waals surface area contributed by atoms with Crippen molar-refractivity contribution in [3.63, 3.8) is 0 Å². The maximum absolute atomic E-state index is 10.9.